The van der Waals surface area contributed by atoms with Crippen LogP contribution in [-0.4, -0.2) is 60.5 Å². The maximum Gasteiger partial charge on any atom is 0.0636 e. The van der Waals surface area contributed by atoms with Gasteiger partial charge in [-0.15, -0.1) is 0 Å². The lowest BCUT2D eigenvalue weighted by Gasteiger charge is -2.44. The van der Waals surface area contributed by atoms with E-state index in [9.17, 15) is 5.11 Å². The van der Waals surface area contributed by atoms with Gasteiger partial charge in [-0.25, -0.2) is 0 Å². The summed E-state index contributed by atoms with van der Waals surface area (Å²) < 4.78 is 5.38. The van der Waals surface area contributed by atoms with Crippen LogP contribution in [0.1, 0.15) is 6.92 Å². The second-order valence-corrected chi connectivity index (χ2v) is 5.58. The topological polar surface area (TPSA) is 32.7 Å². The zero-order valence-electron chi connectivity index (χ0n) is 9.39. The Labute approximate surface area is 96.2 Å². The highest BCUT2D eigenvalue weighted by atomic mass is 32.2. The Bertz CT molecular complexity index is 189. The molecular weight excluding hydrogens is 210 g/mol. The van der Waals surface area contributed by atoms with E-state index in [4.69, 9.17) is 4.74 Å². The van der Waals surface area contributed by atoms with Crippen LogP contribution in [-0.2, 0) is 4.74 Å². The van der Waals surface area contributed by atoms with Crippen molar-refractivity contribution in [2.24, 2.45) is 11.8 Å². The molecule has 2 rings (SSSR count). The van der Waals surface area contributed by atoms with E-state index in [1.54, 1.807) is 0 Å². The Hall–Kier alpha value is 0.230. The van der Waals surface area contributed by atoms with Crippen LogP contribution in [0, 0.1) is 11.8 Å². The molecule has 0 spiro atoms. The zero-order valence-corrected chi connectivity index (χ0v) is 10.2. The summed E-state index contributed by atoms with van der Waals surface area (Å²) in [6.07, 6.45) is -0.0467. The Morgan fingerprint density at radius 2 is 2.00 bits per heavy atom. The second kappa shape index (κ2) is 5.53. The third-order valence-corrected chi connectivity index (χ3v) is 4.70. The number of likely N-dealkylation sites (tertiary alicyclic amines) is 1. The van der Waals surface area contributed by atoms with Gasteiger partial charge in [0, 0.05) is 38.1 Å². The molecule has 2 heterocycles. The van der Waals surface area contributed by atoms with Gasteiger partial charge in [0.25, 0.3) is 0 Å². The summed E-state index contributed by atoms with van der Waals surface area (Å²) in [6.45, 7) is 6.80. The van der Waals surface area contributed by atoms with Crippen molar-refractivity contribution in [3.8, 4) is 0 Å². The Morgan fingerprint density at radius 3 is 2.60 bits per heavy atom. The SMILES string of the molecule is CCOCCN1CC2CSCC(C1)C2O. The normalized spacial score (nSPS) is 36.8. The molecule has 88 valence electrons. The highest BCUT2D eigenvalue weighted by Crippen LogP contribution is 2.33. The van der Waals surface area contributed by atoms with Gasteiger partial charge in [0.15, 0.2) is 0 Å². The molecule has 0 amide bonds. The van der Waals surface area contributed by atoms with Gasteiger partial charge in [0.2, 0.25) is 0 Å². The maximum atomic E-state index is 10.0. The number of ether oxygens (including phenoxy) is 1. The van der Waals surface area contributed by atoms with Gasteiger partial charge >= 0.3 is 0 Å². The molecule has 0 aromatic rings. The minimum atomic E-state index is -0.0467. The predicted molar refractivity (Wildman–Crippen MR) is 63.2 cm³/mol. The molecule has 2 saturated heterocycles. The third kappa shape index (κ3) is 2.87. The Balaban J connectivity index is 1.79. The molecule has 15 heavy (non-hydrogen) atoms. The lowest BCUT2D eigenvalue weighted by molar-refractivity contribution is -0.0167. The number of hydrogen-bond donors (Lipinski definition) is 1. The van der Waals surface area contributed by atoms with E-state index in [0.29, 0.717) is 11.8 Å². The number of thioether (sulfide) groups is 1. The average molecular weight is 231 g/mol. The van der Waals surface area contributed by atoms with Crippen molar-refractivity contribution in [2.75, 3.05) is 44.4 Å². The Morgan fingerprint density at radius 1 is 1.33 bits per heavy atom. The smallest absolute Gasteiger partial charge is 0.0636 e. The fourth-order valence-corrected chi connectivity index (χ4v) is 3.88. The van der Waals surface area contributed by atoms with Crippen LogP contribution in [0.3, 0.4) is 0 Å². The summed E-state index contributed by atoms with van der Waals surface area (Å²) in [7, 11) is 0. The molecule has 1 N–H and O–H groups in total. The van der Waals surface area contributed by atoms with Crippen molar-refractivity contribution in [1.82, 2.24) is 4.90 Å². The molecule has 0 radical (unpaired) electrons. The van der Waals surface area contributed by atoms with Crippen molar-refractivity contribution in [1.29, 1.82) is 0 Å². The summed E-state index contributed by atoms with van der Waals surface area (Å²) in [5.41, 5.74) is 0. The van der Waals surface area contributed by atoms with E-state index in [-0.39, 0.29) is 6.10 Å². The number of rotatable bonds is 4. The number of aliphatic hydroxyl groups excluding tert-OH is 1. The van der Waals surface area contributed by atoms with Crippen molar-refractivity contribution in [3.05, 3.63) is 0 Å². The minimum Gasteiger partial charge on any atom is -0.392 e. The molecule has 4 heteroatoms. The van der Waals surface area contributed by atoms with Crippen LogP contribution in [0.4, 0.5) is 0 Å². The molecule has 2 aliphatic rings. The molecule has 3 nitrogen and oxygen atoms in total. The van der Waals surface area contributed by atoms with Crippen LogP contribution in [0.25, 0.3) is 0 Å². The van der Waals surface area contributed by atoms with Crippen LogP contribution in [0.2, 0.25) is 0 Å². The van der Waals surface area contributed by atoms with Gasteiger partial charge in [-0.3, -0.25) is 0 Å². The van der Waals surface area contributed by atoms with Crippen molar-refractivity contribution in [3.63, 3.8) is 0 Å². The number of hydrogen-bond acceptors (Lipinski definition) is 4. The molecule has 0 aromatic carbocycles. The molecule has 2 fully saturated rings. The summed E-state index contributed by atoms with van der Waals surface area (Å²) in [5.74, 6) is 3.24. The lowest BCUT2D eigenvalue weighted by Crippen LogP contribution is -2.53. The van der Waals surface area contributed by atoms with Gasteiger partial charge in [-0.2, -0.15) is 11.8 Å². The summed E-state index contributed by atoms with van der Waals surface area (Å²) in [6, 6.07) is 0. The predicted octanol–water partition coefficient (Wildman–Crippen LogP) is 0.679. The first-order valence-electron chi connectivity index (χ1n) is 5.87. The average Bonchev–Trinajstić information content (AvgIpc) is 2.19. The molecule has 2 bridgehead atoms. The summed E-state index contributed by atoms with van der Waals surface area (Å²) >= 11 is 2.00. The van der Waals surface area contributed by atoms with E-state index in [1.165, 1.54) is 0 Å². The van der Waals surface area contributed by atoms with Gasteiger partial charge < -0.3 is 14.7 Å². The van der Waals surface area contributed by atoms with Gasteiger partial charge in [-0.05, 0) is 18.4 Å². The number of fused-ring (bicyclic) bond motifs is 2. The summed E-state index contributed by atoms with van der Waals surface area (Å²) in [5, 5.41) is 10.0. The Kier molecular flexibility index (Phi) is 4.31. The first-order valence-corrected chi connectivity index (χ1v) is 7.02. The first-order chi connectivity index (χ1) is 7.31. The molecule has 0 aromatic heterocycles. The second-order valence-electron chi connectivity index (χ2n) is 4.50. The summed E-state index contributed by atoms with van der Waals surface area (Å²) in [4.78, 5) is 2.46. The maximum absolute atomic E-state index is 10.0. The fourth-order valence-electron chi connectivity index (χ4n) is 2.53. The number of aliphatic hydroxyl groups is 1. The third-order valence-electron chi connectivity index (χ3n) is 3.37. The molecule has 2 unspecified atom stereocenters. The van der Waals surface area contributed by atoms with E-state index in [1.807, 2.05) is 18.7 Å². The van der Waals surface area contributed by atoms with E-state index in [2.05, 4.69) is 4.90 Å². The van der Waals surface area contributed by atoms with E-state index < -0.39 is 0 Å². The molecule has 0 aliphatic carbocycles. The number of nitrogens with zero attached hydrogens (tertiary/aromatic N) is 1. The van der Waals surface area contributed by atoms with Crippen LogP contribution < -0.4 is 0 Å². The van der Waals surface area contributed by atoms with Crippen LogP contribution >= 0.6 is 11.8 Å². The monoisotopic (exact) mass is 231 g/mol. The minimum absolute atomic E-state index is 0.0467. The molecule has 0 saturated carbocycles. The fraction of sp³-hybridized carbons (Fsp3) is 1.00. The molecular formula is C11H21NO2S. The highest BCUT2D eigenvalue weighted by molar-refractivity contribution is 7.99. The standard InChI is InChI=1S/C11H21NO2S/c1-2-14-4-3-12-5-9-7-15-8-10(6-12)11(9)13/h9-11,13H,2-8H2,1H3. The van der Waals surface area contributed by atoms with Crippen molar-refractivity contribution >= 4 is 11.8 Å². The van der Waals surface area contributed by atoms with E-state index >= 15 is 0 Å². The quantitative estimate of drug-likeness (QED) is 0.721. The van der Waals surface area contributed by atoms with Crippen LogP contribution in [0.15, 0.2) is 0 Å². The van der Waals surface area contributed by atoms with Crippen molar-refractivity contribution in [2.45, 2.75) is 13.0 Å². The molecule has 2 atom stereocenters. The van der Waals surface area contributed by atoms with Gasteiger partial charge in [0.05, 0.1) is 12.7 Å². The van der Waals surface area contributed by atoms with E-state index in [0.717, 1.165) is 44.4 Å². The van der Waals surface area contributed by atoms with Crippen LogP contribution in [0.5, 0.6) is 0 Å². The molecule has 2 aliphatic heterocycles. The van der Waals surface area contributed by atoms with Gasteiger partial charge in [-0.1, -0.05) is 0 Å². The largest absolute Gasteiger partial charge is 0.392 e. The van der Waals surface area contributed by atoms with Crippen molar-refractivity contribution < 1.29 is 9.84 Å². The number of piperidine rings is 1. The first kappa shape index (κ1) is 11.7. The van der Waals surface area contributed by atoms with Gasteiger partial charge in [0.1, 0.15) is 0 Å². The highest BCUT2D eigenvalue weighted by Gasteiger charge is 2.38. The lowest BCUT2D eigenvalue weighted by atomic mass is 9.87. The zero-order chi connectivity index (χ0) is 10.7.